The molecule has 0 aliphatic heterocycles. The summed E-state index contributed by atoms with van der Waals surface area (Å²) < 4.78 is 1.13. The van der Waals surface area contributed by atoms with E-state index in [9.17, 15) is 0 Å². The molecule has 2 aromatic carbocycles. The molecule has 0 spiro atoms. The highest BCUT2D eigenvalue weighted by molar-refractivity contribution is 9.10. The molecule has 110 valence electrons. The number of hydrogen-bond acceptors (Lipinski definition) is 1. The van der Waals surface area contributed by atoms with E-state index in [1.807, 2.05) is 0 Å². The second-order valence-corrected chi connectivity index (χ2v) is 7.54. The number of anilines is 1. The first-order chi connectivity index (χ1) is 9.97. The van der Waals surface area contributed by atoms with Crippen molar-refractivity contribution >= 4 is 21.6 Å². The monoisotopic (exact) mass is 343 g/mol. The molecule has 1 aliphatic carbocycles. The molecule has 3 rings (SSSR count). The number of rotatable bonds is 2. The third-order valence-corrected chi connectivity index (χ3v) is 5.27. The highest BCUT2D eigenvalue weighted by Crippen LogP contribution is 2.43. The van der Waals surface area contributed by atoms with Crippen LogP contribution >= 0.6 is 15.9 Å². The molecule has 1 atom stereocenters. The van der Waals surface area contributed by atoms with Crippen LogP contribution in [0.15, 0.2) is 46.9 Å². The number of aryl methyl sites for hydroxylation is 1. The molecule has 1 nitrogen and oxygen atoms in total. The highest BCUT2D eigenvalue weighted by atomic mass is 79.9. The Hall–Kier alpha value is -1.28. The van der Waals surface area contributed by atoms with Gasteiger partial charge in [0.25, 0.3) is 0 Å². The molecular formula is C19H22BrN. The molecule has 0 aromatic heterocycles. The average molecular weight is 344 g/mol. The van der Waals surface area contributed by atoms with Gasteiger partial charge in [-0.2, -0.15) is 0 Å². The second kappa shape index (κ2) is 5.49. The minimum atomic E-state index is 0.276. The van der Waals surface area contributed by atoms with E-state index >= 15 is 0 Å². The number of nitrogens with one attached hydrogen (secondary N) is 1. The third-order valence-electron chi connectivity index (χ3n) is 4.57. The Balaban J connectivity index is 1.96. The molecular weight excluding hydrogens is 322 g/mol. The fraction of sp³-hybridized carbons (Fsp3) is 0.368. The number of fused-ring (bicyclic) bond motifs is 1. The fourth-order valence-corrected chi connectivity index (χ4v) is 3.66. The number of hydrogen-bond donors (Lipinski definition) is 1. The predicted molar refractivity (Wildman–Crippen MR) is 93.9 cm³/mol. The van der Waals surface area contributed by atoms with Crippen LogP contribution in [-0.2, 0) is 5.41 Å². The molecule has 1 N–H and O–H groups in total. The van der Waals surface area contributed by atoms with Crippen molar-refractivity contribution in [2.75, 3.05) is 5.32 Å². The Kier molecular flexibility index (Phi) is 3.83. The Morgan fingerprint density at radius 3 is 2.71 bits per heavy atom. The summed E-state index contributed by atoms with van der Waals surface area (Å²) in [5, 5.41) is 3.74. The van der Waals surface area contributed by atoms with Gasteiger partial charge >= 0.3 is 0 Å². The largest absolute Gasteiger partial charge is 0.377 e. The highest BCUT2D eigenvalue weighted by Gasteiger charge is 2.32. The lowest BCUT2D eigenvalue weighted by atomic mass is 9.71. The van der Waals surface area contributed by atoms with Gasteiger partial charge in [0, 0.05) is 10.2 Å². The summed E-state index contributed by atoms with van der Waals surface area (Å²) >= 11 is 3.66. The van der Waals surface area contributed by atoms with E-state index in [2.05, 4.69) is 84.5 Å². The Bertz CT molecular complexity index is 660. The summed E-state index contributed by atoms with van der Waals surface area (Å²) in [6.07, 6.45) is 2.38. The van der Waals surface area contributed by atoms with E-state index in [1.54, 1.807) is 0 Å². The van der Waals surface area contributed by atoms with E-state index in [4.69, 9.17) is 0 Å². The summed E-state index contributed by atoms with van der Waals surface area (Å²) in [5.74, 6) is 0. The summed E-state index contributed by atoms with van der Waals surface area (Å²) in [6.45, 7) is 6.84. The van der Waals surface area contributed by atoms with E-state index in [1.165, 1.54) is 35.2 Å². The molecule has 1 aliphatic rings. The molecule has 0 heterocycles. The summed E-state index contributed by atoms with van der Waals surface area (Å²) in [6, 6.07) is 15.7. The Morgan fingerprint density at radius 2 is 1.90 bits per heavy atom. The molecule has 0 saturated carbocycles. The molecule has 21 heavy (non-hydrogen) atoms. The van der Waals surface area contributed by atoms with Gasteiger partial charge in [-0.05, 0) is 69.9 Å². The lowest BCUT2D eigenvalue weighted by Gasteiger charge is -2.38. The zero-order chi connectivity index (χ0) is 15.0. The van der Waals surface area contributed by atoms with Crippen molar-refractivity contribution in [2.24, 2.45) is 0 Å². The molecule has 1 unspecified atom stereocenters. The van der Waals surface area contributed by atoms with Crippen molar-refractivity contribution < 1.29 is 0 Å². The maximum absolute atomic E-state index is 3.74. The van der Waals surface area contributed by atoms with Gasteiger partial charge in [0.15, 0.2) is 0 Å². The lowest BCUT2D eigenvalue weighted by Crippen LogP contribution is -2.29. The van der Waals surface area contributed by atoms with Crippen LogP contribution in [0.25, 0.3) is 0 Å². The molecule has 0 radical (unpaired) electrons. The fourth-order valence-electron chi connectivity index (χ4n) is 3.30. The van der Waals surface area contributed by atoms with Gasteiger partial charge in [0.2, 0.25) is 0 Å². The van der Waals surface area contributed by atoms with Crippen LogP contribution in [0.3, 0.4) is 0 Å². The first-order valence-electron chi connectivity index (χ1n) is 7.59. The topological polar surface area (TPSA) is 12.0 Å². The maximum atomic E-state index is 3.74. The van der Waals surface area contributed by atoms with Crippen molar-refractivity contribution in [1.82, 2.24) is 0 Å². The van der Waals surface area contributed by atoms with E-state index in [0.717, 1.165) is 4.47 Å². The Morgan fingerprint density at radius 1 is 1.14 bits per heavy atom. The number of halogens is 1. The molecule has 2 heteroatoms. The van der Waals surface area contributed by atoms with Crippen LogP contribution in [0.4, 0.5) is 5.69 Å². The summed E-state index contributed by atoms with van der Waals surface area (Å²) in [7, 11) is 0. The smallest absolute Gasteiger partial charge is 0.0517 e. The van der Waals surface area contributed by atoms with Crippen molar-refractivity contribution in [2.45, 2.75) is 45.1 Å². The van der Waals surface area contributed by atoms with Gasteiger partial charge in [-0.1, -0.05) is 44.2 Å². The van der Waals surface area contributed by atoms with Gasteiger partial charge < -0.3 is 5.32 Å². The van der Waals surface area contributed by atoms with Gasteiger partial charge in [-0.3, -0.25) is 0 Å². The minimum absolute atomic E-state index is 0.276. The van der Waals surface area contributed by atoms with E-state index < -0.39 is 0 Å². The zero-order valence-corrected chi connectivity index (χ0v) is 14.5. The van der Waals surface area contributed by atoms with E-state index in [0.29, 0.717) is 6.04 Å². The summed E-state index contributed by atoms with van der Waals surface area (Å²) in [5.41, 5.74) is 5.68. The SMILES string of the molecule is Cc1ccc(Br)c(NC2CCC(C)(C)c3ccccc32)c1. The predicted octanol–water partition coefficient (Wildman–Crippen LogP) is 5.98. The quantitative estimate of drug-likeness (QED) is 0.706. The molecule has 0 amide bonds. The first kappa shape index (κ1) is 14.6. The minimum Gasteiger partial charge on any atom is -0.377 e. The third kappa shape index (κ3) is 2.87. The van der Waals surface area contributed by atoms with Crippen molar-refractivity contribution in [1.29, 1.82) is 0 Å². The summed E-state index contributed by atoms with van der Waals surface area (Å²) in [4.78, 5) is 0. The van der Waals surface area contributed by atoms with Crippen LogP contribution in [0.1, 0.15) is 49.4 Å². The Labute approximate surface area is 135 Å². The number of benzene rings is 2. The standard InChI is InChI=1S/C19H22BrN/c1-13-8-9-16(20)18(12-13)21-17-10-11-19(2,3)15-7-5-4-6-14(15)17/h4-9,12,17,21H,10-11H2,1-3H3. The molecule has 0 fully saturated rings. The lowest BCUT2D eigenvalue weighted by molar-refractivity contribution is 0.406. The van der Waals surface area contributed by atoms with Crippen LogP contribution in [-0.4, -0.2) is 0 Å². The average Bonchev–Trinajstić information content (AvgIpc) is 2.46. The van der Waals surface area contributed by atoms with Crippen LogP contribution in [0.2, 0.25) is 0 Å². The van der Waals surface area contributed by atoms with Crippen LogP contribution < -0.4 is 5.32 Å². The van der Waals surface area contributed by atoms with Gasteiger partial charge in [0.05, 0.1) is 6.04 Å². The normalized spacial score (nSPS) is 19.9. The van der Waals surface area contributed by atoms with Gasteiger partial charge in [-0.25, -0.2) is 0 Å². The molecule has 0 bridgehead atoms. The van der Waals surface area contributed by atoms with Crippen molar-refractivity contribution in [3.63, 3.8) is 0 Å². The van der Waals surface area contributed by atoms with Gasteiger partial charge in [-0.15, -0.1) is 0 Å². The van der Waals surface area contributed by atoms with Crippen molar-refractivity contribution in [3.05, 3.63) is 63.6 Å². The van der Waals surface area contributed by atoms with Crippen LogP contribution in [0.5, 0.6) is 0 Å². The second-order valence-electron chi connectivity index (χ2n) is 6.69. The zero-order valence-electron chi connectivity index (χ0n) is 12.9. The maximum Gasteiger partial charge on any atom is 0.0517 e. The molecule has 0 saturated heterocycles. The first-order valence-corrected chi connectivity index (χ1v) is 8.39. The van der Waals surface area contributed by atoms with E-state index in [-0.39, 0.29) is 5.41 Å². The molecule has 2 aromatic rings. The van der Waals surface area contributed by atoms with Crippen LogP contribution in [0, 0.1) is 6.92 Å². The van der Waals surface area contributed by atoms with Crippen molar-refractivity contribution in [3.8, 4) is 0 Å². The van der Waals surface area contributed by atoms with Gasteiger partial charge in [0.1, 0.15) is 0 Å².